The van der Waals surface area contributed by atoms with E-state index in [1.54, 1.807) is 36.4 Å². The third-order valence-electron chi connectivity index (χ3n) is 5.20. The van der Waals surface area contributed by atoms with Gasteiger partial charge in [-0.1, -0.05) is 38.1 Å². The Morgan fingerprint density at radius 3 is 2.53 bits per heavy atom. The number of benzene rings is 2. The van der Waals surface area contributed by atoms with Gasteiger partial charge in [-0.25, -0.2) is 18.3 Å². The van der Waals surface area contributed by atoms with Gasteiger partial charge in [0.2, 0.25) is 11.7 Å². The molecule has 2 aromatic carbocycles. The first-order valence-electron chi connectivity index (χ1n) is 10.5. The van der Waals surface area contributed by atoms with Crippen LogP contribution in [0.3, 0.4) is 0 Å². The molecule has 2 heterocycles. The van der Waals surface area contributed by atoms with Crippen molar-refractivity contribution in [3.8, 4) is 0 Å². The van der Waals surface area contributed by atoms with Gasteiger partial charge >= 0.3 is 5.69 Å². The summed E-state index contributed by atoms with van der Waals surface area (Å²) in [4.78, 5) is 38.6. The van der Waals surface area contributed by atoms with E-state index in [4.69, 9.17) is 0 Å². The Kier molecular flexibility index (Phi) is 5.89. The molecule has 0 saturated heterocycles. The molecule has 9 heteroatoms. The molecule has 166 valence electrons. The zero-order valence-electron chi connectivity index (χ0n) is 17.9. The molecule has 0 bridgehead atoms. The summed E-state index contributed by atoms with van der Waals surface area (Å²) >= 11 is 0. The molecule has 1 amide bonds. The molecule has 0 aliphatic carbocycles. The lowest BCUT2D eigenvalue weighted by Crippen LogP contribution is -2.31. The molecule has 1 N–H and O–H groups in total. The van der Waals surface area contributed by atoms with Crippen LogP contribution in [0, 0.1) is 11.7 Å². The molecular formula is C23H24FN5O3. The zero-order valence-corrected chi connectivity index (χ0v) is 17.9. The summed E-state index contributed by atoms with van der Waals surface area (Å²) in [6, 6.07) is 12.6. The highest BCUT2D eigenvalue weighted by atomic mass is 19.1. The molecule has 0 spiro atoms. The average Bonchev–Trinajstić information content (AvgIpc) is 3.09. The third-order valence-corrected chi connectivity index (χ3v) is 5.20. The lowest BCUT2D eigenvalue weighted by Gasteiger charge is -2.10. The number of para-hydroxylation sites is 1. The minimum Gasteiger partial charge on any atom is -0.356 e. The summed E-state index contributed by atoms with van der Waals surface area (Å²) in [5, 5.41) is 7.60. The van der Waals surface area contributed by atoms with Crippen molar-refractivity contribution in [3.63, 3.8) is 0 Å². The Hall–Kier alpha value is -3.75. The molecule has 0 unspecified atom stereocenters. The minimum atomic E-state index is -0.418. The van der Waals surface area contributed by atoms with Crippen LogP contribution in [0.4, 0.5) is 4.39 Å². The number of nitrogens with zero attached hydrogens (tertiary/aromatic N) is 4. The van der Waals surface area contributed by atoms with Gasteiger partial charge < -0.3 is 5.32 Å². The van der Waals surface area contributed by atoms with Crippen molar-refractivity contribution in [2.75, 3.05) is 6.54 Å². The molecular weight excluding hydrogens is 413 g/mol. The number of carbonyl (C=O) groups is 1. The maximum absolute atomic E-state index is 13.2. The zero-order chi connectivity index (χ0) is 22.8. The van der Waals surface area contributed by atoms with E-state index in [-0.39, 0.29) is 42.6 Å². The van der Waals surface area contributed by atoms with Gasteiger partial charge in [0.15, 0.2) is 0 Å². The first kappa shape index (κ1) is 21.5. The first-order chi connectivity index (χ1) is 15.3. The van der Waals surface area contributed by atoms with E-state index in [9.17, 15) is 18.8 Å². The van der Waals surface area contributed by atoms with E-state index in [0.717, 1.165) is 0 Å². The van der Waals surface area contributed by atoms with Gasteiger partial charge in [0.25, 0.3) is 5.56 Å². The van der Waals surface area contributed by atoms with E-state index >= 15 is 0 Å². The standard InChI is InChI=1S/C23H24FN5O3/c1-15(2)13-25-20(30)11-12-27-21(31)18-5-3-4-6-19(18)29-22(27)26-28(23(29)32)14-16-7-9-17(24)10-8-16/h3-10,15H,11-14H2,1-2H3,(H,25,30). The number of carbonyl (C=O) groups excluding carboxylic acids is 1. The molecule has 0 saturated carbocycles. The van der Waals surface area contributed by atoms with Gasteiger partial charge in [0.1, 0.15) is 5.82 Å². The summed E-state index contributed by atoms with van der Waals surface area (Å²) < 4.78 is 17.2. The molecule has 0 aliphatic heterocycles. The molecule has 32 heavy (non-hydrogen) atoms. The summed E-state index contributed by atoms with van der Waals surface area (Å²) in [5.41, 5.74) is 0.411. The summed E-state index contributed by atoms with van der Waals surface area (Å²) in [6.07, 6.45) is 0.0830. The number of aryl methyl sites for hydroxylation is 1. The number of amides is 1. The first-order valence-corrected chi connectivity index (χ1v) is 10.5. The van der Waals surface area contributed by atoms with E-state index in [2.05, 4.69) is 10.4 Å². The van der Waals surface area contributed by atoms with Crippen LogP contribution in [-0.2, 0) is 17.9 Å². The van der Waals surface area contributed by atoms with Crippen LogP contribution < -0.4 is 16.6 Å². The van der Waals surface area contributed by atoms with Crippen LogP contribution in [0.25, 0.3) is 16.7 Å². The Morgan fingerprint density at radius 1 is 1.09 bits per heavy atom. The topological polar surface area (TPSA) is 90.4 Å². The lowest BCUT2D eigenvalue weighted by molar-refractivity contribution is -0.121. The molecule has 0 aliphatic rings. The van der Waals surface area contributed by atoms with Gasteiger partial charge in [-0.3, -0.25) is 14.2 Å². The SMILES string of the molecule is CC(C)CNC(=O)CCn1c(=O)c2ccccc2n2c(=O)n(Cc3ccc(F)cc3)nc12. The largest absolute Gasteiger partial charge is 0.356 e. The normalized spacial score (nSPS) is 11.5. The molecule has 2 aromatic heterocycles. The van der Waals surface area contributed by atoms with Crippen molar-refractivity contribution in [1.82, 2.24) is 24.1 Å². The van der Waals surface area contributed by atoms with Gasteiger partial charge in [-0.15, -0.1) is 5.10 Å². The van der Waals surface area contributed by atoms with E-state index in [1.165, 1.54) is 25.8 Å². The van der Waals surface area contributed by atoms with Gasteiger partial charge in [-0.05, 0) is 35.7 Å². The fraction of sp³-hybridized carbons (Fsp3) is 0.304. The van der Waals surface area contributed by atoms with Crippen molar-refractivity contribution in [2.45, 2.75) is 33.4 Å². The summed E-state index contributed by atoms with van der Waals surface area (Å²) in [5.74, 6) is -0.0658. The lowest BCUT2D eigenvalue weighted by atomic mass is 10.2. The maximum atomic E-state index is 13.2. The molecule has 4 rings (SSSR count). The number of fused-ring (bicyclic) bond motifs is 3. The summed E-state index contributed by atoms with van der Waals surface area (Å²) in [7, 11) is 0. The molecule has 0 atom stereocenters. The molecule has 8 nitrogen and oxygen atoms in total. The smallest absolute Gasteiger partial charge is 0.352 e. The molecule has 4 aromatic rings. The van der Waals surface area contributed by atoms with Crippen LogP contribution in [0.2, 0.25) is 0 Å². The Morgan fingerprint density at radius 2 is 1.81 bits per heavy atom. The second-order valence-corrected chi connectivity index (χ2v) is 8.12. The second kappa shape index (κ2) is 8.78. The quantitative estimate of drug-likeness (QED) is 0.480. The van der Waals surface area contributed by atoms with Crippen molar-refractivity contribution >= 4 is 22.6 Å². The Bertz CT molecular complexity index is 1400. The van der Waals surface area contributed by atoms with Crippen molar-refractivity contribution < 1.29 is 9.18 Å². The van der Waals surface area contributed by atoms with Crippen LogP contribution in [0.5, 0.6) is 0 Å². The Labute approximate surface area is 182 Å². The molecule has 0 radical (unpaired) electrons. The number of halogens is 1. The number of aromatic nitrogens is 4. The number of hydrogen-bond donors (Lipinski definition) is 1. The Balaban J connectivity index is 1.79. The van der Waals surface area contributed by atoms with E-state index in [0.29, 0.717) is 28.9 Å². The predicted octanol–water partition coefficient (Wildman–Crippen LogP) is 2.16. The number of nitrogens with one attached hydrogen (secondary N) is 1. The number of hydrogen-bond acceptors (Lipinski definition) is 4. The van der Waals surface area contributed by atoms with E-state index in [1.807, 2.05) is 13.8 Å². The number of rotatable bonds is 7. The van der Waals surface area contributed by atoms with Crippen LogP contribution in [0.15, 0.2) is 58.1 Å². The van der Waals surface area contributed by atoms with Crippen molar-refractivity contribution in [2.24, 2.45) is 5.92 Å². The third kappa shape index (κ3) is 4.18. The predicted molar refractivity (Wildman–Crippen MR) is 119 cm³/mol. The monoisotopic (exact) mass is 437 g/mol. The van der Waals surface area contributed by atoms with Crippen LogP contribution in [0.1, 0.15) is 25.8 Å². The highest BCUT2D eigenvalue weighted by Crippen LogP contribution is 2.12. The van der Waals surface area contributed by atoms with Crippen LogP contribution in [-0.4, -0.2) is 31.2 Å². The van der Waals surface area contributed by atoms with Gasteiger partial charge in [0.05, 0.1) is 17.4 Å². The highest BCUT2D eigenvalue weighted by molar-refractivity contribution is 5.80. The van der Waals surface area contributed by atoms with Crippen LogP contribution >= 0.6 is 0 Å². The molecule has 0 fully saturated rings. The minimum absolute atomic E-state index is 0.0830. The highest BCUT2D eigenvalue weighted by Gasteiger charge is 2.18. The van der Waals surface area contributed by atoms with Gasteiger partial charge in [-0.2, -0.15) is 0 Å². The second-order valence-electron chi connectivity index (χ2n) is 8.12. The average molecular weight is 437 g/mol. The van der Waals surface area contributed by atoms with Crippen molar-refractivity contribution in [1.29, 1.82) is 0 Å². The van der Waals surface area contributed by atoms with Gasteiger partial charge in [0, 0.05) is 19.5 Å². The fourth-order valence-corrected chi connectivity index (χ4v) is 3.55. The van der Waals surface area contributed by atoms with Crippen molar-refractivity contribution in [3.05, 3.63) is 80.7 Å². The fourth-order valence-electron chi connectivity index (χ4n) is 3.55. The van der Waals surface area contributed by atoms with E-state index < -0.39 is 5.69 Å². The maximum Gasteiger partial charge on any atom is 0.352 e. The summed E-state index contributed by atoms with van der Waals surface area (Å²) in [6.45, 7) is 4.75.